The zero-order chi connectivity index (χ0) is 16.1. The van der Waals surface area contributed by atoms with Gasteiger partial charge < -0.3 is 10.6 Å². The summed E-state index contributed by atoms with van der Waals surface area (Å²) in [6, 6.07) is 8.92. The summed E-state index contributed by atoms with van der Waals surface area (Å²) in [7, 11) is 2.03. The van der Waals surface area contributed by atoms with Crippen LogP contribution in [-0.2, 0) is 0 Å². The zero-order valence-electron chi connectivity index (χ0n) is 13.1. The number of likely N-dealkylation sites (N-methyl/N-ethyl adjacent to an activating group) is 1. The minimum atomic E-state index is -0.195. The van der Waals surface area contributed by atoms with E-state index < -0.39 is 0 Å². The molecule has 4 rings (SSSR count). The van der Waals surface area contributed by atoms with E-state index in [-0.39, 0.29) is 17.9 Å². The summed E-state index contributed by atoms with van der Waals surface area (Å²) in [6.45, 7) is 1.74. The van der Waals surface area contributed by atoms with Crippen LogP contribution >= 0.6 is 0 Å². The fourth-order valence-corrected chi connectivity index (χ4v) is 3.82. The average molecular weight is 309 g/mol. The lowest BCUT2D eigenvalue weighted by molar-refractivity contribution is 0.0458. The molecule has 0 spiro atoms. The number of nitrogen functional groups attached to an aromatic ring is 1. The summed E-state index contributed by atoms with van der Waals surface area (Å²) in [5.41, 5.74) is 7.77. The standard InChI is InChI=1S/C18H19N3O2/c1-20-9-3-4-11(10-20)21-17(22)13-6-2-5-12-15(19)8-7-14(16(12)13)18(21)23/h2,5-8,11H,3-4,9-10,19H2,1H3. The van der Waals surface area contributed by atoms with Gasteiger partial charge in [0.25, 0.3) is 11.8 Å². The second kappa shape index (κ2) is 5.06. The van der Waals surface area contributed by atoms with Gasteiger partial charge in [-0.2, -0.15) is 0 Å². The molecule has 5 nitrogen and oxygen atoms in total. The average Bonchev–Trinajstić information content (AvgIpc) is 2.54. The third-order valence-electron chi connectivity index (χ3n) is 4.94. The SMILES string of the molecule is CN1CCCC(N2C(=O)c3cccc4c(N)ccc(c34)C2=O)C1. The molecule has 2 aromatic carbocycles. The molecule has 2 heterocycles. The van der Waals surface area contributed by atoms with Crippen LogP contribution in [0.4, 0.5) is 5.69 Å². The molecule has 2 amide bonds. The van der Waals surface area contributed by atoms with Crippen LogP contribution in [0.25, 0.3) is 10.8 Å². The maximum absolute atomic E-state index is 13.0. The molecule has 1 atom stereocenters. The van der Waals surface area contributed by atoms with E-state index in [1.165, 1.54) is 4.90 Å². The molecule has 2 N–H and O–H groups in total. The van der Waals surface area contributed by atoms with Gasteiger partial charge in [-0.3, -0.25) is 14.5 Å². The van der Waals surface area contributed by atoms with Gasteiger partial charge in [0.1, 0.15) is 0 Å². The summed E-state index contributed by atoms with van der Waals surface area (Å²) in [4.78, 5) is 29.6. The van der Waals surface area contributed by atoms with Crippen molar-refractivity contribution in [3.8, 4) is 0 Å². The number of carbonyl (C=O) groups is 2. The first-order valence-corrected chi connectivity index (χ1v) is 7.95. The highest BCUT2D eigenvalue weighted by molar-refractivity contribution is 6.26. The molecular formula is C18H19N3O2. The predicted molar refractivity (Wildman–Crippen MR) is 89.4 cm³/mol. The topological polar surface area (TPSA) is 66.6 Å². The van der Waals surface area contributed by atoms with E-state index in [4.69, 9.17) is 5.73 Å². The van der Waals surface area contributed by atoms with Crippen molar-refractivity contribution in [2.45, 2.75) is 18.9 Å². The lowest BCUT2D eigenvalue weighted by Crippen LogP contribution is -2.53. The van der Waals surface area contributed by atoms with Gasteiger partial charge in [0.2, 0.25) is 0 Å². The summed E-state index contributed by atoms with van der Waals surface area (Å²) >= 11 is 0. The zero-order valence-corrected chi connectivity index (χ0v) is 13.1. The Morgan fingerprint density at radius 2 is 1.83 bits per heavy atom. The Bertz CT molecular complexity index is 808. The number of anilines is 1. The Balaban J connectivity index is 1.87. The van der Waals surface area contributed by atoms with E-state index in [0.29, 0.717) is 22.2 Å². The van der Waals surface area contributed by atoms with E-state index >= 15 is 0 Å². The van der Waals surface area contributed by atoms with Gasteiger partial charge in [-0.25, -0.2) is 0 Å². The van der Waals surface area contributed by atoms with Crippen molar-refractivity contribution in [2.75, 3.05) is 25.9 Å². The predicted octanol–water partition coefficient (Wildman–Crippen LogP) is 2.11. The number of nitrogens with zero attached hydrogens (tertiary/aromatic N) is 2. The molecule has 0 aromatic heterocycles. The van der Waals surface area contributed by atoms with Crippen LogP contribution in [0.15, 0.2) is 30.3 Å². The normalized spacial score (nSPS) is 22.0. The molecule has 23 heavy (non-hydrogen) atoms. The lowest BCUT2D eigenvalue weighted by atomic mass is 9.91. The fraction of sp³-hybridized carbons (Fsp3) is 0.333. The second-order valence-corrected chi connectivity index (χ2v) is 6.47. The third kappa shape index (κ3) is 2.04. The molecule has 0 aliphatic carbocycles. The Hall–Kier alpha value is -2.40. The number of imide groups is 1. The molecule has 0 saturated carbocycles. The molecule has 0 radical (unpaired) electrons. The van der Waals surface area contributed by atoms with Crippen LogP contribution in [0.5, 0.6) is 0 Å². The van der Waals surface area contributed by atoms with Crippen LogP contribution < -0.4 is 5.73 Å². The van der Waals surface area contributed by atoms with Gasteiger partial charge in [-0.1, -0.05) is 12.1 Å². The van der Waals surface area contributed by atoms with E-state index in [0.717, 1.165) is 31.3 Å². The minimum absolute atomic E-state index is 0.0605. The molecular weight excluding hydrogens is 290 g/mol. The summed E-state index contributed by atoms with van der Waals surface area (Å²) < 4.78 is 0. The minimum Gasteiger partial charge on any atom is -0.398 e. The van der Waals surface area contributed by atoms with E-state index in [2.05, 4.69) is 4.90 Å². The monoisotopic (exact) mass is 309 g/mol. The van der Waals surface area contributed by atoms with Gasteiger partial charge >= 0.3 is 0 Å². The number of benzene rings is 2. The fourth-order valence-electron chi connectivity index (χ4n) is 3.82. The number of piperidine rings is 1. The van der Waals surface area contributed by atoms with Crippen molar-refractivity contribution in [3.05, 3.63) is 41.5 Å². The first-order valence-electron chi connectivity index (χ1n) is 7.95. The number of nitrogens with two attached hydrogens (primary N) is 1. The first-order chi connectivity index (χ1) is 11.1. The van der Waals surface area contributed by atoms with Crippen LogP contribution in [0.3, 0.4) is 0 Å². The quantitative estimate of drug-likeness (QED) is 0.647. The van der Waals surface area contributed by atoms with Gasteiger partial charge in [-0.05, 0) is 44.6 Å². The second-order valence-electron chi connectivity index (χ2n) is 6.47. The van der Waals surface area contributed by atoms with Crippen molar-refractivity contribution < 1.29 is 9.59 Å². The lowest BCUT2D eigenvalue weighted by Gasteiger charge is -2.38. The van der Waals surface area contributed by atoms with E-state index in [1.54, 1.807) is 18.2 Å². The van der Waals surface area contributed by atoms with Crippen LogP contribution in [0, 0.1) is 0 Å². The summed E-state index contributed by atoms with van der Waals surface area (Å²) in [5.74, 6) is -0.391. The van der Waals surface area contributed by atoms with Crippen molar-refractivity contribution in [3.63, 3.8) is 0 Å². The largest absolute Gasteiger partial charge is 0.398 e. The molecule has 1 saturated heterocycles. The maximum Gasteiger partial charge on any atom is 0.261 e. The molecule has 0 bridgehead atoms. The van der Waals surface area contributed by atoms with Crippen molar-refractivity contribution in [1.82, 2.24) is 9.80 Å². The molecule has 1 unspecified atom stereocenters. The van der Waals surface area contributed by atoms with Crippen LogP contribution in [-0.4, -0.2) is 47.8 Å². The number of rotatable bonds is 1. The van der Waals surface area contributed by atoms with Crippen LogP contribution in [0.2, 0.25) is 0 Å². The molecule has 2 aliphatic rings. The Morgan fingerprint density at radius 1 is 1.09 bits per heavy atom. The molecule has 2 aliphatic heterocycles. The Morgan fingerprint density at radius 3 is 2.57 bits per heavy atom. The smallest absolute Gasteiger partial charge is 0.261 e. The van der Waals surface area contributed by atoms with Crippen molar-refractivity contribution >= 4 is 28.3 Å². The molecule has 2 aromatic rings. The van der Waals surface area contributed by atoms with E-state index in [9.17, 15) is 9.59 Å². The maximum atomic E-state index is 13.0. The highest BCUT2D eigenvalue weighted by atomic mass is 16.2. The van der Waals surface area contributed by atoms with Gasteiger partial charge in [0.05, 0.1) is 6.04 Å². The van der Waals surface area contributed by atoms with Crippen LogP contribution in [0.1, 0.15) is 33.6 Å². The third-order valence-corrected chi connectivity index (χ3v) is 4.94. The highest BCUT2D eigenvalue weighted by Crippen LogP contribution is 2.34. The number of amides is 2. The number of hydrogen-bond acceptors (Lipinski definition) is 4. The molecule has 118 valence electrons. The van der Waals surface area contributed by atoms with Crippen molar-refractivity contribution in [1.29, 1.82) is 0 Å². The highest BCUT2D eigenvalue weighted by Gasteiger charge is 2.38. The first kappa shape index (κ1) is 14.2. The molecule has 5 heteroatoms. The number of carbonyl (C=O) groups excluding carboxylic acids is 2. The number of likely N-dealkylation sites (tertiary alicyclic amines) is 1. The molecule has 1 fully saturated rings. The van der Waals surface area contributed by atoms with Gasteiger partial charge in [0, 0.05) is 34.1 Å². The van der Waals surface area contributed by atoms with Gasteiger partial charge in [-0.15, -0.1) is 0 Å². The summed E-state index contributed by atoms with van der Waals surface area (Å²) in [6.07, 6.45) is 1.86. The Labute approximate surface area is 134 Å². The summed E-state index contributed by atoms with van der Waals surface area (Å²) in [5, 5.41) is 1.48. The van der Waals surface area contributed by atoms with E-state index in [1.807, 2.05) is 19.2 Å². The Kier molecular flexibility index (Phi) is 3.13. The van der Waals surface area contributed by atoms with Gasteiger partial charge in [0.15, 0.2) is 0 Å². The van der Waals surface area contributed by atoms with Crippen molar-refractivity contribution in [2.24, 2.45) is 0 Å². The number of hydrogen-bond donors (Lipinski definition) is 1.